The maximum absolute atomic E-state index is 10.9. The molecule has 0 aliphatic rings. The summed E-state index contributed by atoms with van der Waals surface area (Å²) in [6, 6.07) is 4.58. The quantitative estimate of drug-likeness (QED) is 0.377. The third-order valence-electron chi connectivity index (χ3n) is 2.85. The third-order valence-corrected chi connectivity index (χ3v) is 4.67. The van der Waals surface area contributed by atoms with Gasteiger partial charge in [0, 0.05) is 16.7 Å². The topological polar surface area (TPSA) is 86.5 Å². The summed E-state index contributed by atoms with van der Waals surface area (Å²) in [6.07, 6.45) is 0.998. The first-order valence-corrected chi connectivity index (χ1v) is 9.46. The van der Waals surface area contributed by atoms with Gasteiger partial charge in [-0.15, -0.1) is 0 Å². The highest BCUT2D eigenvalue weighted by atomic mass is 79.9. The SMILES string of the molecule is CC(CCOc1c(Br)cccc1[N+](=O)[O-])CCS(=O)(=O)Cl. The Labute approximate surface area is 136 Å². The highest BCUT2D eigenvalue weighted by Crippen LogP contribution is 2.34. The molecule has 0 fully saturated rings. The van der Waals surface area contributed by atoms with E-state index in [1.54, 1.807) is 12.1 Å². The van der Waals surface area contributed by atoms with Crippen molar-refractivity contribution < 1.29 is 18.1 Å². The van der Waals surface area contributed by atoms with Crippen molar-refractivity contribution in [3.63, 3.8) is 0 Å². The van der Waals surface area contributed by atoms with E-state index in [0.29, 0.717) is 17.3 Å². The van der Waals surface area contributed by atoms with Gasteiger partial charge in [-0.1, -0.05) is 13.0 Å². The van der Waals surface area contributed by atoms with E-state index in [9.17, 15) is 18.5 Å². The predicted molar refractivity (Wildman–Crippen MR) is 84.3 cm³/mol. The molecule has 0 amide bonds. The Morgan fingerprint density at radius 2 is 2.10 bits per heavy atom. The lowest BCUT2D eigenvalue weighted by Gasteiger charge is -2.12. The van der Waals surface area contributed by atoms with Crippen LogP contribution in [0.4, 0.5) is 5.69 Å². The Balaban J connectivity index is 2.55. The van der Waals surface area contributed by atoms with Gasteiger partial charge in [0.05, 0.1) is 21.8 Å². The molecule has 0 spiro atoms. The molecule has 0 bridgehead atoms. The highest BCUT2D eigenvalue weighted by molar-refractivity contribution is 9.10. The summed E-state index contributed by atoms with van der Waals surface area (Å²) in [5.74, 6) is 0.171. The maximum Gasteiger partial charge on any atom is 0.312 e. The van der Waals surface area contributed by atoms with Crippen LogP contribution in [0.25, 0.3) is 0 Å². The number of ether oxygens (including phenoxy) is 1. The lowest BCUT2D eigenvalue weighted by Crippen LogP contribution is -2.09. The number of benzene rings is 1. The Hall–Kier alpha value is -0.860. The number of hydrogen-bond acceptors (Lipinski definition) is 5. The maximum atomic E-state index is 10.9. The monoisotopic (exact) mass is 399 g/mol. The molecule has 0 heterocycles. The summed E-state index contributed by atoms with van der Waals surface area (Å²) in [6.45, 7) is 2.13. The first-order chi connectivity index (χ1) is 9.70. The molecule has 1 aromatic rings. The molecule has 0 radical (unpaired) electrons. The smallest absolute Gasteiger partial charge is 0.312 e. The third kappa shape index (κ3) is 6.62. The average molecular weight is 401 g/mol. The Morgan fingerprint density at radius 3 is 2.67 bits per heavy atom. The summed E-state index contributed by atoms with van der Waals surface area (Å²) in [5, 5.41) is 10.9. The van der Waals surface area contributed by atoms with Crippen LogP contribution in [-0.2, 0) is 9.05 Å². The number of para-hydroxylation sites is 1. The summed E-state index contributed by atoms with van der Waals surface area (Å²) in [4.78, 5) is 10.4. The van der Waals surface area contributed by atoms with E-state index in [1.807, 2.05) is 6.92 Å². The second-order valence-corrected chi connectivity index (χ2v) is 8.37. The lowest BCUT2D eigenvalue weighted by molar-refractivity contribution is -0.386. The van der Waals surface area contributed by atoms with Gasteiger partial charge in [0.15, 0.2) is 0 Å². The van der Waals surface area contributed by atoms with Gasteiger partial charge >= 0.3 is 5.69 Å². The van der Waals surface area contributed by atoms with Crippen LogP contribution >= 0.6 is 26.6 Å². The van der Waals surface area contributed by atoms with Gasteiger partial charge in [-0.2, -0.15) is 0 Å². The second-order valence-electron chi connectivity index (χ2n) is 4.62. The summed E-state index contributed by atoms with van der Waals surface area (Å²) >= 11 is 3.21. The van der Waals surface area contributed by atoms with Gasteiger partial charge in [-0.25, -0.2) is 8.42 Å². The Kier molecular flexibility index (Phi) is 6.89. The van der Waals surface area contributed by atoms with Crippen molar-refractivity contribution in [1.29, 1.82) is 0 Å². The molecule has 0 N–H and O–H groups in total. The molecule has 9 heteroatoms. The van der Waals surface area contributed by atoms with Gasteiger partial charge in [0.2, 0.25) is 14.8 Å². The van der Waals surface area contributed by atoms with Crippen molar-refractivity contribution in [2.75, 3.05) is 12.4 Å². The fourth-order valence-electron chi connectivity index (χ4n) is 1.63. The highest BCUT2D eigenvalue weighted by Gasteiger charge is 2.18. The number of nitro benzene ring substituents is 1. The number of hydrogen-bond donors (Lipinski definition) is 0. The fourth-order valence-corrected chi connectivity index (χ4v) is 3.05. The van der Waals surface area contributed by atoms with Crippen molar-refractivity contribution in [3.8, 4) is 5.75 Å². The first-order valence-electron chi connectivity index (χ1n) is 6.18. The molecule has 1 aromatic carbocycles. The Morgan fingerprint density at radius 1 is 1.43 bits per heavy atom. The van der Waals surface area contributed by atoms with Crippen LogP contribution in [-0.4, -0.2) is 25.7 Å². The molecule has 0 aliphatic carbocycles. The summed E-state index contributed by atoms with van der Waals surface area (Å²) in [7, 11) is 1.66. The lowest BCUT2D eigenvalue weighted by atomic mass is 10.1. The zero-order chi connectivity index (χ0) is 16.0. The molecule has 1 rings (SSSR count). The zero-order valence-corrected chi connectivity index (χ0v) is 14.4. The molecule has 0 aliphatic heterocycles. The van der Waals surface area contributed by atoms with Gasteiger partial charge in [0.25, 0.3) is 0 Å². The van der Waals surface area contributed by atoms with E-state index < -0.39 is 14.0 Å². The molecule has 0 saturated carbocycles. The van der Waals surface area contributed by atoms with Crippen molar-refractivity contribution >= 4 is 41.4 Å². The molecule has 6 nitrogen and oxygen atoms in total. The number of nitro groups is 1. The van der Waals surface area contributed by atoms with E-state index in [1.165, 1.54) is 6.07 Å². The molecular formula is C12H15BrClNO5S. The van der Waals surface area contributed by atoms with Gasteiger partial charge in [-0.3, -0.25) is 10.1 Å². The Bertz CT molecular complexity index is 608. The van der Waals surface area contributed by atoms with Gasteiger partial charge < -0.3 is 4.74 Å². The van der Waals surface area contributed by atoms with E-state index in [4.69, 9.17) is 15.4 Å². The molecular weight excluding hydrogens is 386 g/mol. The van der Waals surface area contributed by atoms with Gasteiger partial charge in [-0.05, 0) is 40.8 Å². The van der Waals surface area contributed by atoms with Crippen LogP contribution in [0.5, 0.6) is 5.75 Å². The summed E-state index contributed by atoms with van der Waals surface area (Å²) < 4.78 is 27.7. The minimum absolute atomic E-state index is 0.0834. The average Bonchev–Trinajstić information content (AvgIpc) is 2.37. The van der Waals surface area contributed by atoms with Crippen molar-refractivity contribution in [2.24, 2.45) is 5.92 Å². The molecule has 0 aromatic heterocycles. The first kappa shape index (κ1) is 18.2. The van der Waals surface area contributed by atoms with E-state index in [2.05, 4.69) is 15.9 Å². The van der Waals surface area contributed by atoms with Crippen LogP contribution in [0, 0.1) is 16.0 Å². The van der Waals surface area contributed by atoms with Gasteiger partial charge in [0.1, 0.15) is 0 Å². The van der Waals surface area contributed by atoms with Crippen LogP contribution in [0.2, 0.25) is 0 Å². The van der Waals surface area contributed by atoms with Crippen LogP contribution in [0.1, 0.15) is 19.8 Å². The minimum atomic E-state index is -3.49. The molecule has 118 valence electrons. The number of halogens is 2. The molecule has 0 saturated heterocycles. The normalized spacial score (nSPS) is 12.9. The molecule has 1 unspecified atom stereocenters. The second kappa shape index (κ2) is 7.95. The zero-order valence-electron chi connectivity index (χ0n) is 11.3. The number of nitrogens with zero attached hydrogens (tertiary/aromatic N) is 1. The fraction of sp³-hybridized carbons (Fsp3) is 0.500. The van der Waals surface area contributed by atoms with E-state index in [0.717, 1.165) is 0 Å². The van der Waals surface area contributed by atoms with E-state index >= 15 is 0 Å². The largest absolute Gasteiger partial charge is 0.486 e. The summed E-state index contributed by atoms with van der Waals surface area (Å²) in [5.41, 5.74) is -0.111. The van der Waals surface area contributed by atoms with Crippen LogP contribution in [0.3, 0.4) is 0 Å². The van der Waals surface area contributed by atoms with Crippen LogP contribution < -0.4 is 4.74 Å². The minimum Gasteiger partial charge on any atom is -0.486 e. The van der Waals surface area contributed by atoms with E-state index in [-0.39, 0.29) is 29.7 Å². The van der Waals surface area contributed by atoms with Crippen LogP contribution in [0.15, 0.2) is 22.7 Å². The van der Waals surface area contributed by atoms with Crippen molar-refractivity contribution in [1.82, 2.24) is 0 Å². The van der Waals surface area contributed by atoms with Crippen molar-refractivity contribution in [3.05, 3.63) is 32.8 Å². The number of rotatable bonds is 8. The predicted octanol–water partition coefficient (Wildman–Crippen LogP) is 3.72. The molecule has 21 heavy (non-hydrogen) atoms. The van der Waals surface area contributed by atoms with Crippen molar-refractivity contribution in [2.45, 2.75) is 19.8 Å². The molecule has 1 atom stereocenters. The standard InChI is InChI=1S/C12H15BrClNO5S/c1-9(6-8-21(14,18)19)5-7-20-12-10(13)3-2-4-11(12)15(16)17/h2-4,9H,5-8H2,1H3.